The van der Waals surface area contributed by atoms with Gasteiger partial charge in [0.25, 0.3) is 0 Å². The van der Waals surface area contributed by atoms with Crippen molar-refractivity contribution in [3.05, 3.63) is 21.9 Å². The molecule has 0 fully saturated rings. The lowest BCUT2D eigenvalue weighted by atomic mass is 10.1. The van der Waals surface area contributed by atoms with Crippen LogP contribution in [0.5, 0.6) is 0 Å². The molecule has 0 aliphatic carbocycles. The molecule has 0 saturated carbocycles. The largest absolute Gasteiger partial charge is 0.444 e. The number of amidine groups is 1. The molecule has 6 amide bonds. The first-order valence-corrected chi connectivity index (χ1v) is 23.8. The van der Waals surface area contributed by atoms with Crippen molar-refractivity contribution in [3.63, 3.8) is 0 Å². The fourth-order valence-electron chi connectivity index (χ4n) is 5.23. The first-order chi connectivity index (χ1) is 31.3. The number of hydrogen-bond acceptors (Lipinski definition) is 15. The van der Waals surface area contributed by atoms with Gasteiger partial charge >= 0.3 is 36.6 Å². The Morgan fingerprint density at radius 2 is 1.00 bits per heavy atom. The molecule has 1 rings (SSSR count). The van der Waals surface area contributed by atoms with E-state index in [4.69, 9.17) is 38.6 Å². The van der Waals surface area contributed by atoms with E-state index in [-0.39, 0.29) is 38.1 Å². The van der Waals surface area contributed by atoms with Gasteiger partial charge in [0.1, 0.15) is 39.4 Å². The Morgan fingerprint density at radius 3 is 1.49 bits per heavy atom. The molecule has 0 bridgehead atoms. The second kappa shape index (κ2) is 26.5. The number of guanidine groups is 2. The van der Waals surface area contributed by atoms with Crippen LogP contribution in [-0.2, 0) is 39.8 Å². The van der Waals surface area contributed by atoms with Crippen LogP contribution in [0.15, 0.2) is 21.4 Å². The Kier molecular flexibility index (Phi) is 23.6. The van der Waals surface area contributed by atoms with Gasteiger partial charge in [-0.15, -0.1) is 21.3 Å². The molecule has 4 N–H and O–H groups in total. The van der Waals surface area contributed by atoms with Crippen molar-refractivity contribution in [2.45, 2.75) is 197 Å². The number of alkyl carbamates (subject to hydrolysis) is 2. The minimum Gasteiger partial charge on any atom is -0.444 e. The fraction of sp³-hybridized carbons (Fsp3) is 0.723. The maximum Gasteiger partial charge on any atom is 0.437 e. The Labute approximate surface area is 412 Å². The quantitative estimate of drug-likeness (QED) is 0.0585. The molecule has 0 aromatic carbocycles. The maximum atomic E-state index is 14.1. The molecule has 0 aliphatic rings. The standard InChI is InChI=1S/C47H80N8O13S/c1-42(2,3)63-36(56)50-33(48)31-28-32(69-30-31)29-62-27-26-55(41(61)68-47(16,17)18)35(53-39(59)66-45(10,11)12)54(40(60)67-46(13,14)15)25-23-21-19-20-22-24-49-34(51-37(57)64-43(4,5)6)52-38(58)65-44(7,8)9/h28,30H,19-27,29H2,1-18H3,(H2,48,50,56)(H2,49,51,52,57,58)/b53-35-. The summed E-state index contributed by atoms with van der Waals surface area (Å²) in [6, 6.07) is 1.67. The van der Waals surface area contributed by atoms with Crippen LogP contribution in [0.1, 0.15) is 167 Å². The summed E-state index contributed by atoms with van der Waals surface area (Å²) in [5.41, 5.74) is -4.88. The summed E-state index contributed by atoms with van der Waals surface area (Å²) < 4.78 is 38.9. The predicted molar refractivity (Wildman–Crippen MR) is 264 cm³/mol. The van der Waals surface area contributed by atoms with E-state index in [2.05, 4.69) is 25.9 Å². The van der Waals surface area contributed by atoms with E-state index in [1.54, 1.807) is 136 Å². The molecule has 69 heavy (non-hydrogen) atoms. The van der Waals surface area contributed by atoms with Crippen LogP contribution in [0.4, 0.5) is 28.8 Å². The number of hydrogen-bond donors (Lipinski definition) is 4. The summed E-state index contributed by atoms with van der Waals surface area (Å²) in [6.07, 6.45) is -2.44. The molecule has 22 heteroatoms. The lowest BCUT2D eigenvalue weighted by Crippen LogP contribution is -2.53. The summed E-state index contributed by atoms with van der Waals surface area (Å²) in [5, 5.41) is 17.8. The van der Waals surface area contributed by atoms with Crippen LogP contribution in [-0.4, -0.2) is 124 Å². The number of carbonyl (C=O) groups is 6. The number of thiophene rings is 1. The number of nitrogens with one attached hydrogen (secondary N) is 4. The van der Waals surface area contributed by atoms with E-state index in [1.165, 1.54) is 11.3 Å². The van der Waals surface area contributed by atoms with Crippen molar-refractivity contribution in [1.82, 2.24) is 25.8 Å². The first-order valence-electron chi connectivity index (χ1n) is 22.9. The number of aliphatic imine (C=N–C) groups is 2. The second-order valence-corrected chi connectivity index (χ2v) is 22.8. The predicted octanol–water partition coefficient (Wildman–Crippen LogP) is 10.2. The monoisotopic (exact) mass is 997 g/mol. The van der Waals surface area contributed by atoms with E-state index >= 15 is 0 Å². The molecule has 0 saturated heterocycles. The van der Waals surface area contributed by atoms with Crippen LogP contribution < -0.4 is 16.0 Å². The molecule has 0 unspecified atom stereocenters. The zero-order chi connectivity index (χ0) is 53.2. The summed E-state index contributed by atoms with van der Waals surface area (Å²) in [6.45, 7) is 30.3. The number of ether oxygens (including phenoxy) is 7. The summed E-state index contributed by atoms with van der Waals surface area (Å²) >= 11 is 1.29. The minimum atomic E-state index is -1.07. The van der Waals surface area contributed by atoms with Crippen LogP contribution in [0.25, 0.3) is 0 Å². The zero-order valence-electron chi connectivity index (χ0n) is 44.2. The van der Waals surface area contributed by atoms with Crippen molar-refractivity contribution < 1.29 is 61.9 Å². The molecule has 1 aromatic heterocycles. The van der Waals surface area contributed by atoms with Gasteiger partial charge in [-0.2, -0.15) is 0 Å². The summed E-state index contributed by atoms with van der Waals surface area (Å²) in [4.78, 5) is 89.7. The van der Waals surface area contributed by atoms with Crippen molar-refractivity contribution in [3.8, 4) is 0 Å². The lowest BCUT2D eigenvalue weighted by Gasteiger charge is -2.34. The normalized spacial score (nSPS) is 12.8. The van der Waals surface area contributed by atoms with Gasteiger partial charge in [0, 0.05) is 28.9 Å². The topological polar surface area (TPSA) is 258 Å². The second-order valence-electron chi connectivity index (χ2n) is 21.8. The summed E-state index contributed by atoms with van der Waals surface area (Å²) in [7, 11) is 0. The molecular weight excluding hydrogens is 917 g/mol. The molecule has 0 spiro atoms. The van der Waals surface area contributed by atoms with Crippen molar-refractivity contribution in [1.29, 1.82) is 5.41 Å². The molecule has 0 aliphatic heterocycles. The van der Waals surface area contributed by atoms with E-state index in [1.807, 2.05) is 0 Å². The van der Waals surface area contributed by atoms with E-state index in [0.29, 0.717) is 49.1 Å². The SMILES string of the molecule is CC(C)(C)OC(=O)/N=C(/N(CCCCCCCN/C(=N\C(=O)OC(C)(C)C)NC(=O)OC(C)(C)C)C(=O)OC(C)(C)C)N(CCOCc1cc(C(=N)NC(=O)OC(C)(C)C)cs1)C(=O)OC(C)(C)C. The third kappa shape index (κ3) is 29.9. The van der Waals surface area contributed by atoms with Crippen LogP contribution in [0.3, 0.4) is 0 Å². The highest BCUT2D eigenvalue weighted by molar-refractivity contribution is 7.10. The highest BCUT2D eigenvalue weighted by Gasteiger charge is 2.36. The van der Waals surface area contributed by atoms with Gasteiger partial charge in [0.15, 0.2) is 0 Å². The first kappa shape index (κ1) is 61.5. The molecule has 1 aromatic rings. The Bertz CT molecular complexity index is 1960. The smallest absolute Gasteiger partial charge is 0.437 e. The van der Waals surface area contributed by atoms with Gasteiger partial charge in [0.2, 0.25) is 11.9 Å². The van der Waals surface area contributed by atoms with E-state index < -0.39 is 76.1 Å². The third-order valence-electron chi connectivity index (χ3n) is 7.63. The van der Waals surface area contributed by atoms with Crippen LogP contribution in [0.2, 0.25) is 0 Å². The van der Waals surface area contributed by atoms with Crippen LogP contribution >= 0.6 is 11.3 Å². The van der Waals surface area contributed by atoms with Crippen LogP contribution in [0, 0.1) is 5.41 Å². The number of carbonyl (C=O) groups excluding carboxylic acids is 6. The summed E-state index contributed by atoms with van der Waals surface area (Å²) in [5.74, 6) is -0.680. The van der Waals surface area contributed by atoms with Gasteiger partial charge in [-0.05, 0) is 144 Å². The highest BCUT2D eigenvalue weighted by Crippen LogP contribution is 2.20. The lowest BCUT2D eigenvalue weighted by molar-refractivity contribution is 0.0224. The molecular formula is C47H80N8O13S. The van der Waals surface area contributed by atoms with Crippen molar-refractivity contribution in [2.75, 3.05) is 26.2 Å². The third-order valence-corrected chi connectivity index (χ3v) is 8.54. The Morgan fingerprint density at radius 1 is 0.565 bits per heavy atom. The average Bonchev–Trinajstić information content (AvgIpc) is 3.58. The molecule has 0 atom stereocenters. The average molecular weight is 997 g/mol. The highest BCUT2D eigenvalue weighted by atomic mass is 32.1. The molecule has 0 radical (unpaired) electrons. The molecule has 1 heterocycles. The molecule has 21 nitrogen and oxygen atoms in total. The number of rotatable bonds is 14. The number of nitrogens with zero attached hydrogens (tertiary/aromatic N) is 4. The van der Waals surface area contributed by atoms with Crippen molar-refractivity contribution >= 4 is 65.7 Å². The Hall–Kier alpha value is -5.51. The van der Waals surface area contributed by atoms with E-state index in [9.17, 15) is 28.8 Å². The van der Waals surface area contributed by atoms with Gasteiger partial charge in [-0.1, -0.05) is 19.3 Å². The minimum absolute atomic E-state index is 0.0390. The maximum absolute atomic E-state index is 14.1. The number of unbranched alkanes of at least 4 members (excludes halogenated alkanes) is 4. The number of amides is 6. The van der Waals surface area contributed by atoms with Gasteiger partial charge < -0.3 is 38.5 Å². The molecule has 392 valence electrons. The van der Waals surface area contributed by atoms with Crippen molar-refractivity contribution in [2.24, 2.45) is 9.98 Å². The van der Waals surface area contributed by atoms with Gasteiger partial charge in [-0.25, -0.2) is 38.6 Å². The van der Waals surface area contributed by atoms with E-state index in [0.717, 1.165) is 9.80 Å². The fourth-order valence-corrected chi connectivity index (χ4v) is 6.04. The van der Waals surface area contributed by atoms with Gasteiger partial charge in [0.05, 0.1) is 19.8 Å². The van der Waals surface area contributed by atoms with Gasteiger partial charge in [-0.3, -0.25) is 16.0 Å². The Balaban J connectivity index is 3.35. The zero-order valence-corrected chi connectivity index (χ0v) is 45.0.